The Hall–Kier alpha value is -3.34. The predicted molar refractivity (Wildman–Crippen MR) is 90.9 cm³/mol. The van der Waals surface area contributed by atoms with Crippen LogP contribution >= 0.6 is 0 Å². The molecule has 0 fully saturated rings. The largest absolute Gasteiger partial charge is 0.459 e. The van der Waals surface area contributed by atoms with E-state index in [1.54, 1.807) is 16.9 Å². The number of rotatable bonds is 4. The highest BCUT2D eigenvalue weighted by molar-refractivity contribution is 5.97. The normalized spacial score (nSPS) is 10.8. The summed E-state index contributed by atoms with van der Waals surface area (Å²) < 4.78 is 7.40. The number of furan rings is 1. The van der Waals surface area contributed by atoms with E-state index in [-0.39, 0.29) is 5.91 Å². The molecule has 0 radical (unpaired) electrons. The zero-order chi connectivity index (χ0) is 16.4. The van der Waals surface area contributed by atoms with E-state index in [1.165, 1.54) is 0 Å². The second kappa shape index (κ2) is 6.04. The Morgan fingerprint density at radius 3 is 2.75 bits per heavy atom. The maximum atomic E-state index is 12.6. The molecule has 5 nitrogen and oxygen atoms in total. The van der Waals surface area contributed by atoms with Crippen molar-refractivity contribution in [3.8, 4) is 5.69 Å². The molecule has 2 aromatic carbocycles. The fourth-order valence-corrected chi connectivity index (χ4v) is 2.66. The molecule has 0 unspecified atom stereocenters. The van der Waals surface area contributed by atoms with Gasteiger partial charge >= 0.3 is 0 Å². The standard InChI is InChI=1S/C19H15N3O2/c23-19(16-7-2-3-8-17(16)22-11-5-10-21-22)20-13-15-12-14-6-1-4-9-18(14)24-15/h1-12H,13H2,(H,20,23). The van der Waals surface area contributed by atoms with Crippen molar-refractivity contribution in [3.05, 3.63) is 84.4 Å². The quantitative estimate of drug-likeness (QED) is 0.626. The second-order valence-corrected chi connectivity index (χ2v) is 5.40. The highest BCUT2D eigenvalue weighted by atomic mass is 16.3. The molecule has 0 spiro atoms. The first-order valence-electron chi connectivity index (χ1n) is 7.66. The highest BCUT2D eigenvalue weighted by Crippen LogP contribution is 2.19. The van der Waals surface area contributed by atoms with Crippen molar-refractivity contribution < 1.29 is 9.21 Å². The van der Waals surface area contributed by atoms with Gasteiger partial charge in [-0.05, 0) is 30.3 Å². The van der Waals surface area contributed by atoms with E-state index in [2.05, 4.69) is 10.4 Å². The molecule has 2 heterocycles. The minimum atomic E-state index is -0.165. The molecular weight excluding hydrogens is 302 g/mol. The Kier molecular flexibility index (Phi) is 3.59. The average Bonchev–Trinajstić information content (AvgIpc) is 3.28. The lowest BCUT2D eigenvalue weighted by molar-refractivity contribution is 0.0948. The Morgan fingerprint density at radius 1 is 1.08 bits per heavy atom. The van der Waals surface area contributed by atoms with Gasteiger partial charge < -0.3 is 9.73 Å². The zero-order valence-corrected chi connectivity index (χ0v) is 12.8. The molecule has 24 heavy (non-hydrogen) atoms. The van der Waals surface area contributed by atoms with Gasteiger partial charge in [-0.15, -0.1) is 0 Å². The Labute approximate surface area is 138 Å². The Balaban J connectivity index is 1.54. The maximum Gasteiger partial charge on any atom is 0.253 e. The summed E-state index contributed by atoms with van der Waals surface area (Å²) in [6.45, 7) is 0.334. The van der Waals surface area contributed by atoms with E-state index < -0.39 is 0 Å². The van der Waals surface area contributed by atoms with E-state index in [1.807, 2.05) is 60.8 Å². The first-order valence-corrected chi connectivity index (χ1v) is 7.66. The molecule has 0 saturated carbocycles. The van der Waals surface area contributed by atoms with Gasteiger partial charge in [0.25, 0.3) is 5.91 Å². The molecule has 1 N–H and O–H groups in total. The van der Waals surface area contributed by atoms with Crippen molar-refractivity contribution in [1.29, 1.82) is 0 Å². The smallest absolute Gasteiger partial charge is 0.253 e. The van der Waals surface area contributed by atoms with Crippen LogP contribution in [-0.2, 0) is 6.54 Å². The summed E-state index contributed by atoms with van der Waals surface area (Å²) in [6, 6.07) is 18.9. The van der Waals surface area contributed by atoms with Crippen molar-refractivity contribution >= 4 is 16.9 Å². The summed E-state index contributed by atoms with van der Waals surface area (Å²) >= 11 is 0. The molecule has 2 aromatic heterocycles. The van der Waals surface area contributed by atoms with Gasteiger partial charge in [0, 0.05) is 17.8 Å². The van der Waals surface area contributed by atoms with Crippen LogP contribution in [0.15, 0.2) is 77.5 Å². The maximum absolute atomic E-state index is 12.6. The molecule has 0 atom stereocenters. The summed E-state index contributed by atoms with van der Waals surface area (Å²) in [4.78, 5) is 12.6. The molecule has 0 aliphatic carbocycles. The minimum Gasteiger partial charge on any atom is -0.459 e. The van der Waals surface area contributed by atoms with Gasteiger partial charge in [0.15, 0.2) is 0 Å². The third-order valence-electron chi connectivity index (χ3n) is 3.80. The van der Waals surface area contributed by atoms with Crippen LogP contribution in [0.1, 0.15) is 16.1 Å². The molecule has 4 rings (SSSR count). The lowest BCUT2D eigenvalue weighted by Crippen LogP contribution is -2.24. The van der Waals surface area contributed by atoms with Crippen LogP contribution in [0.4, 0.5) is 0 Å². The van der Waals surface area contributed by atoms with Crippen molar-refractivity contribution in [1.82, 2.24) is 15.1 Å². The minimum absolute atomic E-state index is 0.165. The number of nitrogens with one attached hydrogen (secondary N) is 1. The fraction of sp³-hybridized carbons (Fsp3) is 0.0526. The molecule has 1 amide bonds. The van der Waals surface area contributed by atoms with Crippen molar-refractivity contribution in [2.24, 2.45) is 0 Å². The SMILES string of the molecule is O=C(NCc1cc2ccccc2o1)c1ccccc1-n1cccn1. The number of nitrogens with zero attached hydrogens (tertiary/aromatic N) is 2. The lowest BCUT2D eigenvalue weighted by atomic mass is 10.1. The number of aromatic nitrogens is 2. The van der Waals surface area contributed by atoms with Crippen LogP contribution in [0.5, 0.6) is 0 Å². The van der Waals surface area contributed by atoms with Gasteiger partial charge in [0.2, 0.25) is 0 Å². The van der Waals surface area contributed by atoms with Gasteiger partial charge in [-0.25, -0.2) is 4.68 Å². The molecule has 0 aliphatic heterocycles. The number of carbonyl (C=O) groups excluding carboxylic acids is 1. The first kappa shape index (κ1) is 14.3. The molecule has 0 aliphatic rings. The van der Waals surface area contributed by atoms with Crippen LogP contribution in [0.2, 0.25) is 0 Å². The van der Waals surface area contributed by atoms with Crippen LogP contribution < -0.4 is 5.32 Å². The Morgan fingerprint density at radius 2 is 1.92 bits per heavy atom. The number of amides is 1. The number of hydrogen-bond acceptors (Lipinski definition) is 3. The second-order valence-electron chi connectivity index (χ2n) is 5.40. The van der Waals surface area contributed by atoms with E-state index in [0.29, 0.717) is 12.1 Å². The van der Waals surface area contributed by atoms with Gasteiger partial charge in [0.1, 0.15) is 11.3 Å². The number of carbonyl (C=O) groups is 1. The van der Waals surface area contributed by atoms with Crippen LogP contribution in [0.25, 0.3) is 16.7 Å². The topological polar surface area (TPSA) is 60.1 Å². The summed E-state index contributed by atoms with van der Waals surface area (Å²) in [5.74, 6) is 0.558. The number of para-hydroxylation sites is 2. The van der Waals surface area contributed by atoms with Crippen LogP contribution in [0, 0.1) is 0 Å². The predicted octanol–water partition coefficient (Wildman–Crippen LogP) is 3.55. The van der Waals surface area contributed by atoms with Gasteiger partial charge in [-0.3, -0.25) is 4.79 Å². The monoisotopic (exact) mass is 317 g/mol. The van der Waals surface area contributed by atoms with Crippen LogP contribution in [0.3, 0.4) is 0 Å². The molecule has 118 valence electrons. The fourth-order valence-electron chi connectivity index (χ4n) is 2.66. The summed E-state index contributed by atoms with van der Waals surface area (Å²) in [5, 5.41) is 8.13. The molecule has 5 heteroatoms. The van der Waals surface area contributed by atoms with Crippen molar-refractivity contribution in [3.63, 3.8) is 0 Å². The van der Waals surface area contributed by atoms with Crippen molar-refractivity contribution in [2.45, 2.75) is 6.54 Å². The third-order valence-corrected chi connectivity index (χ3v) is 3.80. The Bertz CT molecular complexity index is 954. The number of hydrogen-bond donors (Lipinski definition) is 1. The third kappa shape index (κ3) is 2.67. The first-order chi connectivity index (χ1) is 11.8. The summed E-state index contributed by atoms with van der Waals surface area (Å²) in [7, 11) is 0. The van der Waals surface area contributed by atoms with Crippen LogP contribution in [-0.4, -0.2) is 15.7 Å². The van der Waals surface area contributed by atoms with E-state index in [4.69, 9.17) is 4.42 Å². The van der Waals surface area contributed by atoms with E-state index in [9.17, 15) is 4.79 Å². The molecule has 0 bridgehead atoms. The van der Waals surface area contributed by atoms with Crippen molar-refractivity contribution in [2.75, 3.05) is 0 Å². The highest BCUT2D eigenvalue weighted by Gasteiger charge is 2.13. The van der Waals surface area contributed by atoms with Gasteiger partial charge in [-0.1, -0.05) is 30.3 Å². The zero-order valence-electron chi connectivity index (χ0n) is 12.8. The molecule has 4 aromatic rings. The number of benzene rings is 2. The van der Waals surface area contributed by atoms with Gasteiger partial charge in [0.05, 0.1) is 17.8 Å². The number of fused-ring (bicyclic) bond motifs is 1. The van der Waals surface area contributed by atoms with E-state index in [0.717, 1.165) is 22.4 Å². The van der Waals surface area contributed by atoms with E-state index >= 15 is 0 Å². The lowest BCUT2D eigenvalue weighted by Gasteiger charge is -2.09. The average molecular weight is 317 g/mol. The molecule has 0 saturated heterocycles. The summed E-state index contributed by atoms with van der Waals surface area (Å²) in [6.07, 6.45) is 3.49. The van der Waals surface area contributed by atoms with Gasteiger partial charge in [-0.2, -0.15) is 5.10 Å². The molecular formula is C19H15N3O2. The summed E-state index contributed by atoms with van der Waals surface area (Å²) in [5.41, 5.74) is 2.13.